The number of ether oxygens (including phenoxy) is 2. The Morgan fingerprint density at radius 2 is 1.81 bits per heavy atom. The van der Waals surface area contributed by atoms with Crippen LogP contribution in [0.4, 0.5) is 0 Å². The standard InChI is InChI=1S/C28H35NO2/c1-20(2)15-22-7-8-25(28(16-22)30-4)19-31-26-11-12-27-21(3)24(10-9-23(27)17-26)18-29-13-5-6-14-29/h5-8,11-12,16-17,20H,9-10,13-15,18-19H2,1-4H3. The molecule has 1 aliphatic carbocycles. The van der Waals surface area contributed by atoms with Crippen molar-refractivity contribution in [2.75, 3.05) is 26.7 Å². The number of benzene rings is 2. The van der Waals surface area contributed by atoms with Gasteiger partial charge in [-0.25, -0.2) is 0 Å². The summed E-state index contributed by atoms with van der Waals surface area (Å²) in [6.45, 7) is 10.5. The Bertz CT molecular complexity index is 979. The molecule has 4 rings (SSSR count). The van der Waals surface area contributed by atoms with E-state index in [1.807, 2.05) is 0 Å². The van der Waals surface area contributed by atoms with Crippen LogP contribution in [0.5, 0.6) is 11.5 Å². The van der Waals surface area contributed by atoms with Crippen LogP contribution < -0.4 is 9.47 Å². The number of allylic oxidation sites excluding steroid dienone is 1. The summed E-state index contributed by atoms with van der Waals surface area (Å²) in [6.07, 6.45) is 7.83. The van der Waals surface area contributed by atoms with E-state index in [1.54, 1.807) is 12.7 Å². The zero-order valence-electron chi connectivity index (χ0n) is 19.4. The summed E-state index contributed by atoms with van der Waals surface area (Å²) in [7, 11) is 1.74. The Morgan fingerprint density at radius 1 is 1.00 bits per heavy atom. The molecule has 0 bridgehead atoms. The van der Waals surface area contributed by atoms with Gasteiger partial charge in [-0.15, -0.1) is 0 Å². The van der Waals surface area contributed by atoms with Crippen LogP contribution >= 0.6 is 0 Å². The van der Waals surface area contributed by atoms with E-state index in [9.17, 15) is 0 Å². The summed E-state index contributed by atoms with van der Waals surface area (Å²) < 4.78 is 11.8. The maximum absolute atomic E-state index is 6.18. The highest BCUT2D eigenvalue weighted by atomic mass is 16.5. The Balaban J connectivity index is 1.44. The Kier molecular flexibility index (Phi) is 6.82. The van der Waals surface area contributed by atoms with Crippen LogP contribution in [0, 0.1) is 5.92 Å². The predicted octanol–water partition coefficient (Wildman–Crippen LogP) is 6.06. The van der Waals surface area contributed by atoms with Crippen LogP contribution in [-0.2, 0) is 19.4 Å². The Hall–Kier alpha value is -2.52. The van der Waals surface area contributed by atoms with Crippen LogP contribution in [0.2, 0.25) is 0 Å². The summed E-state index contributed by atoms with van der Waals surface area (Å²) in [5.74, 6) is 2.48. The molecule has 164 valence electrons. The van der Waals surface area contributed by atoms with E-state index in [0.29, 0.717) is 12.5 Å². The van der Waals surface area contributed by atoms with Gasteiger partial charge >= 0.3 is 0 Å². The zero-order chi connectivity index (χ0) is 21.8. The van der Waals surface area contributed by atoms with Gasteiger partial charge in [-0.1, -0.05) is 49.8 Å². The second-order valence-electron chi connectivity index (χ2n) is 9.25. The molecule has 31 heavy (non-hydrogen) atoms. The van der Waals surface area contributed by atoms with Gasteiger partial charge in [-0.3, -0.25) is 4.90 Å². The van der Waals surface area contributed by atoms with Gasteiger partial charge < -0.3 is 9.47 Å². The lowest BCUT2D eigenvalue weighted by molar-refractivity contribution is 0.296. The lowest BCUT2D eigenvalue weighted by Gasteiger charge is -2.25. The minimum Gasteiger partial charge on any atom is -0.496 e. The van der Waals surface area contributed by atoms with Gasteiger partial charge in [0.1, 0.15) is 18.1 Å². The number of fused-ring (bicyclic) bond motifs is 1. The highest BCUT2D eigenvalue weighted by Crippen LogP contribution is 2.34. The van der Waals surface area contributed by atoms with Crippen LogP contribution in [0.1, 0.15) is 49.4 Å². The fraction of sp³-hybridized carbons (Fsp3) is 0.429. The molecule has 0 saturated carbocycles. The minimum absolute atomic E-state index is 0.520. The number of aryl methyl sites for hydroxylation is 1. The molecule has 3 heteroatoms. The van der Waals surface area contributed by atoms with Crippen molar-refractivity contribution in [3.63, 3.8) is 0 Å². The number of hydrogen-bond donors (Lipinski definition) is 0. The van der Waals surface area contributed by atoms with Crippen molar-refractivity contribution in [3.05, 3.63) is 76.4 Å². The molecule has 2 aromatic carbocycles. The molecule has 0 saturated heterocycles. The van der Waals surface area contributed by atoms with Crippen LogP contribution in [-0.4, -0.2) is 31.6 Å². The molecule has 2 aromatic rings. The fourth-order valence-corrected chi connectivity index (χ4v) is 4.68. The fourth-order valence-electron chi connectivity index (χ4n) is 4.68. The van der Waals surface area contributed by atoms with Crippen molar-refractivity contribution < 1.29 is 9.47 Å². The van der Waals surface area contributed by atoms with E-state index in [4.69, 9.17) is 9.47 Å². The first-order chi connectivity index (χ1) is 15.0. The van der Waals surface area contributed by atoms with Crippen LogP contribution in [0.15, 0.2) is 54.1 Å². The number of nitrogens with zero attached hydrogens (tertiary/aromatic N) is 1. The van der Waals surface area contributed by atoms with Crippen molar-refractivity contribution in [1.82, 2.24) is 4.90 Å². The summed E-state index contributed by atoms with van der Waals surface area (Å²) >= 11 is 0. The zero-order valence-corrected chi connectivity index (χ0v) is 19.4. The third kappa shape index (κ3) is 5.22. The molecule has 0 aromatic heterocycles. The third-order valence-corrected chi connectivity index (χ3v) is 6.41. The molecule has 0 atom stereocenters. The summed E-state index contributed by atoms with van der Waals surface area (Å²) in [5.41, 5.74) is 8.21. The second-order valence-corrected chi connectivity index (χ2v) is 9.25. The van der Waals surface area contributed by atoms with Gasteiger partial charge in [0.25, 0.3) is 0 Å². The Labute approximate surface area is 187 Å². The molecule has 1 aliphatic heterocycles. The van der Waals surface area contributed by atoms with Crippen molar-refractivity contribution in [2.24, 2.45) is 5.92 Å². The highest BCUT2D eigenvalue weighted by molar-refractivity contribution is 5.72. The third-order valence-electron chi connectivity index (χ3n) is 6.41. The van der Waals surface area contributed by atoms with Gasteiger partial charge in [0.15, 0.2) is 0 Å². The molecule has 0 radical (unpaired) electrons. The smallest absolute Gasteiger partial charge is 0.125 e. The average molecular weight is 418 g/mol. The van der Waals surface area contributed by atoms with E-state index in [1.165, 1.54) is 22.3 Å². The average Bonchev–Trinajstić information content (AvgIpc) is 3.27. The van der Waals surface area contributed by atoms with Crippen LogP contribution in [0.3, 0.4) is 0 Å². The SMILES string of the molecule is COc1cc(CC(C)C)ccc1COc1ccc2c(c1)CCC(CN1CC=CC1)=C2C. The van der Waals surface area contributed by atoms with E-state index in [2.05, 4.69) is 74.2 Å². The van der Waals surface area contributed by atoms with E-state index in [0.717, 1.165) is 56.0 Å². The van der Waals surface area contributed by atoms with Gasteiger partial charge in [-0.05, 0) is 72.6 Å². The van der Waals surface area contributed by atoms with Crippen LogP contribution in [0.25, 0.3) is 5.57 Å². The highest BCUT2D eigenvalue weighted by Gasteiger charge is 2.19. The normalized spacial score (nSPS) is 16.2. The van der Waals surface area contributed by atoms with Gasteiger partial charge in [0.2, 0.25) is 0 Å². The van der Waals surface area contributed by atoms with Crippen molar-refractivity contribution in [3.8, 4) is 11.5 Å². The number of rotatable bonds is 8. The maximum atomic E-state index is 6.18. The van der Waals surface area contributed by atoms with Crippen molar-refractivity contribution >= 4 is 5.57 Å². The lowest BCUT2D eigenvalue weighted by Crippen LogP contribution is -2.24. The molecule has 2 aliphatic rings. The largest absolute Gasteiger partial charge is 0.496 e. The second kappa shape index (κ2) is 9.74. The van der Waals surface area contributed by atoms with E-state index >= 15 is 0 Å². The summed E-state index contributed by atoms with van der Waals surface area (Å²) in [6, 6.07) is 13.1. The Morgan fingerprint density at radius 3 is 2.55 bits per heavy atom. The molecule has 0 N–H and O–H groups in total. The molecule has 1 heterocycles. The summed E-state index contributed by atoms with van der Waals surface area (Å²) in [4.78, 5) is 2.50. The molecule has 3 nitrogen and oxygen atoms in total. The molecular weight excluding hydrogens is 382 g/mol. The molecular formula is C28H35NO2. The van der Waals surface area contributed by atoms with Crippen molar-refractivity contribution in [2.45, 2.75) is 46.6 Å². The molecule has 0 amide bonds. The lowest BCUT2D eigenvalue weighted by atomic mass is 9.86. The molecule has 0 fully saturated rings. The van der Waals surface area contributed by atoms with E-state index in [-0.39, 0.29) is 0 Å². The quantitative estimate of drug-likeness (QED) is 0.487. The molecule has 0 unspecified atom stereocenters. The monoisotopic (exact) mass is 417 g/mol. The predicted molar refractivity (Wildman–Crippen MR) is 129 cm³/mol. The van der Waals surface area contributed by atoms with Crippen molar-refractivity contribution in [1.29, 1.82) is 0 Å². The van der Waals surface area contributed by atoms with E-state index < -0.39 is 0 Å². The van der Waals surface area contributed by atoms with Gasteiger partial charge in [-0.2, -0.15) is 0 Å². The first-order valence-electron chi connectivity index (χ1n) is 11.5. The first-order valence-corrected chi connectivity index (χ1v) is 11.5. The maximum Gasteiger partial charge on any atom is 0.125 e. The number of hydrogen-bond acceptors (Lipinski definition) is 3. The first kappa shape index (κ1) is 21.7. The summed E-state index contributed by atoms with van der Waals surface area (Å²) in [5, 5.41) is 0. The van der Waals surface area contributed by atoms with Gasteiger partial charge in [0, 0.05) is 25.2 Å². The van der Waals surface area contributed by atoms with Gasteiger partial charge in [0.05, 0.1) is 7.11 Å². The minimum atomic E-state index is 0.520. The topological polar surface area (TPSA) is 21.7 Å². The number of methoxy groups -OCH3 is 1. The molecule has 0 spiro atoms.